The normalized spacial score (nSPS) is 38.2. The Bertz CT molecular complexity index is 164. The summed E-state index contributed by atoms with van der Waals surface area (Å²) in [7, 11) is -1.64. The molecule has 0 bridgehead atoms. The second kappa shape index (κ2) is 3.12. The number of rotatable bonds is 1. The van der Waals surface area contributed by atoms with Crippen LogP contribution in [0.1, 0.15) is 25.7 Å². The van der Waals surface area contributed by atoms with Crippen molar-refractivity contribution in [3.63, 3.8) is 0 Å². The third kappa shape index (κ3) is 1.58. The fraction of sp³-hybridized carbons (Fsp3) is 1.00. The molecule has 0 aromatic rings. The van der Waals surface area contributed by atoms with E-state index < -0.39 is 19.4 Å². The molecule has 0 aliphatic heterocycles. The molecule has 0 heterocycles. The minimum atomic E-state index is -1.64. The highest BCUT2D eigenvalue weighted by Gasteiger charge is 2.48. The SMILES string of the molecule is C[Si](C)(C)[C@@]1(O)CCCC[C@H]1O. The smallest absolute Gasteiger partial charge is 0.0854 e. The van der Waals surface area contributed by atoms with Crippen LogP contribution in [0.2, 0.25) is 19.6 Å². The highest BCUT2D eigenvalue weighted by atomic mass is 28.3. The average Bonchev–Trinajstić information content (AvgIpc) is 1.93. The number of aliphatic hydroxyl groups is 2. The van der Waals surface area contributed by atoms with Crippen molar-refractivity contribution in [2.45, 2.75) is 56.7 Å². The lowest BCUT2D eigenvalue weighted by Crippen LogP contribution is -2.61. The standard InChI is InChI=1S/C9H20O2Si/c1-12(2,3)9(11)7-5-4-6-8(9)10/h8,10-11H,4-7H2,1-3H3/t8-,9+/m1/s1. The number of aliphatic hydroxyl groups excluding tert-OH is 1. The Labute approximate surface area is 75.6 Å². The molecular weight excluding hydrogens is 168 g/mol. The van der Waals surface area contributed by atoms with E-state index >= 15 is 0 Å². The van der Waals surface area contributed by atoms with Gasteiger partial charge in [0.15, 0.2) is 0 Å². The maximum atomic E-state index is 10.3. The minimum absolute atomic E-state index is 0.474. The fourth-order valence-electron chi connectivity index (χ4n) is 2.01. The molecule has 2 N–H and O–H groups in total. The van der Waals surface area contributed by atoms with Gasteiger partial charge in [0, 0.05) is 0 Å². The van der Waals surface area contributed by atoms with Crippen molar-refractivity contribution < 1.29 is 10.2 Å². The molecule has 3 heteroatoms. The summed E-state index contributed by atoms with van der Waals surface area (Å²) in [4.78, 5) is 0. The van der Waals surface area contributed by atoms with Crippen LogP contribution in [0.25, 0.3) is 0 Å². The van der Waals surface area contributed by atoms with Gasteiger partial charge in [-0.2, -0.15) is 0 Å². The summed E-state index contributed by atoms with van der Waals surface area (Å²) < 4.78 is 0. The van der Waals surface area contributed by atoms with Crippen molar-refractivity contribution in [3.8, 4) is 0 Å². The molecule has 0 unspecified atom stereocenters. The highest BCUT2D eigenvalue weighted by Crippen LogP contribution is 2.35. The van der Waals surface area contributed by atoms with Crippen LogP contribution in [0.15, 0.2) is 0 Å². The summed E-state index contributed by atoms with van der Waals surface area (Å²) in [6, 6.07) is 0. The Hall–Kier alpha value is 0.137. The van der Waals surface area contributed by atoms with Crippen LogP contribution in [0.4, 0.5) is 0 Å². The van der Waals surface area contributed by atoms with Gasteiger partial charge < -0.3 is 10.2 Å². The molecule has 0 amide bonds. The van der Waals surface area contributed by atoms with Gasteiger partial charge in [0.2, 0.25) is 0 Å². The predicted octanol–water partition coefficient (Wildman–Crippen LogP) is 1.53. The number of hydrogen-bond donors (Lipinski definition) is 2. The first-order valence-electron chi connectivity index (χ1n) is 4.78. The maximum Gasteiger partial charge on any atom is 0.0854 e. The van der Waals surface area contributed by atoms with E-state index in [1.807, 2.05) is 0 Å². The summed E-state index contributed by atoms with van der Waals surface area (Å²) in [5.74, 6) is 0. The summed E-state index contributed by atoms with van der Waals surface area (Å²) in [5.41, 5.74) is 0. The molecular formula is C9H20O2Si. The van der Waals surface area contributed by atoms with E-state index in [4.69, 9.17) is 0 Å². The molecule has 0 saturated heterocycles. The van der Waals surface area contributed by atoms with E-state index in [2.05, 4.69) is 19.6 Å². The first-order valence-corrected chi connectivity index (χ1v) is 8.28. The molecule has 1 fully saturated rings. The summed E-state index contributed by atoms with van der Waals surface area (Å²) in [6.45, 7) is 6.38. The first-order chi connectivity index (χ1) is 5.38. The largest absolute Gasteiger partial charge is 0.391 e. The van der Waals surface area contributed by atoms with E-state index in [9.17, 15) is 10.2 Å². The van der Waals surface area contributed by atoms with Crippen LogP contribution in [0, 0.1) is 0 Å². The van der Waals surface area contributed by atoms with Gasteiger partial charge in [-0.1, -0.05) is 32.5 Å². The number of hydrogen-bond acceptors (Lipinski definition) is 2. The Morgan fingerprint density at radius 1 is 1.25 bits per heavy atom. The third-order valence-electron chi connectivity index (χ3n) is 3.14. The van der Waals surface area contributed by atoms with E-state index in [-0.39, 0.29) is 0 Å². The van der Waals surface area contributed by atoms with Crippen LogP contribution in [0.5, 0.6) is 0 Å². The third-order valence-corrected chi connectivity index (χ3v) is 6.32. The van der Waals surface area contributed by atoms with E-state index in [0.29, 0.717) is 0 Å². The molecule has 1 aliphatic carbocycles. The van der Waals surface area contributed by atoms with Crippen LogP contribution in [-0.2, 0) is 0 Å². The molecule has 0 spiro atoms. The molecule has 0 aromatic heterocycles. The Morgan fingerprint density at radius 2 is 1.83 bits per heavy atom. The van der Waals surface area contributed by atoms with Crippen molar-refractivity contribution in [2.24, 2.45) is 0 Å². The topological polar surface area (TPSA) is 40.5 Å². The quantitative estimate of drug-likeness (QED) is 0.613. The van der Waals surface area contributed by atoms with Crippen LogP contribution in [0.3, 0.4) is 0 Å². The lowest BCUT2D eigenvalue weighted by atomic mass is 9.94. The Kier molecular flexibility index (Phi) is 2.66. The van der Waals surface area contributed by atoms with Gasteiger partial charge in [-0.3, -0.25) is 0 Å². The van der Waals surface area contributed by atoms with E-state index in [0.717, 1.165) is 25.7 Å². The van der Waals surface area contributed by atoms with Gasteiger partial charge in [0.25, 0.3) is 0 Å². The van der Waals surface area contributed by atoms with Crippen molar-refractivity contribution in [1.29, 1.82) is 0 Å². The molecule has 0 radical (unpaired) electrons. The average molecular weight is 188 g/mol. The van der Waals surface area contributed by atoms with Crippen molar-refractivity contribution in [3.05, 3.63) is 0 Å². The molecule has 12 heavy (non-hydrogen) atoms. The van der Waals surface area contributed by atoms with Crippen molar-refractivity contribution in [2.75, 3.05) is 0 Å². The summed E-state index contributed by atoms with van der Waals surface area (Å²) in [5, 5.41) is 19.3. The zero-order chi connectivity index (χ0) is 9.41. The molecule has 72 valence electrons. The molecule has 0 aromatic carbocycles. The summed E-state index contributed by atoms with van der Waals surface area (Å²) >= 11 is 0. The predicted molar refractivity (Wildman–Crippen MR) is 52.8 cm³/mol. The van der Waals surface area contributed by atoms with Crippen LogP contribution < -0.4 is 0 Å². The van der Waals surface area contributed by atoms with Crippen molar-refractivity contribution >= 4 is 8.07 Å². The molecule has 2 atom stereocenters. The lowest BCUT2D eigenvalue weighted by molar-refractivity contribution is -0.0487. The van der Waals surface area contributed by atoms with E-state index in [1.165, 1.54) is 0 Å². The van der Waals surface area contributed by atoms with Crippen molar-refractivity contribution in [1.82, 2.24) is 0 Å². The summed E-state index contributed by atoms with van der Waals surface area (Å²) in [6.07, 6.45) is 3.23. The molecule has 1 aliphatic rings. The second-order valence-corrected chi connectivity index (χ2v) is 10.3. The first kappa shape index (κ1) is 10.2. The minimum Gasteiger partial charge on any atom is -0.391 e. The Morgan fingerprint density at radius 3 is 2.17 bits per heavy atom. The molecule has 2 nitrogen and oxygen atoms in total. The maximum absolute atomic E-state index is 10.3. The lowest BCUT2D eigenvalue weighted by Gasteiger charge is -2.45. The second-order valence-electron chi connectivity index (χ2n) is 4.94. The molecule has 1 rings (SSSR count). The molecule has 1 saturated carbocycles. The zero-order valence-corrected chi connectivity index (χ0v) is 9.30. The zero-order valence-electron chi connectivity index (χ0n) is 8.30. The fourth-order valence-corrected chi connectivity index (χ4v) is 4.08. The van der Waals surface area contributed by atoms with E-state index in [1.54, 1.807) is 0 Å². The van der Waals surface area contributed by atoms with Gasteiger partial charge in [0.05, 0.1) is 19.4 Å². The van der Waals surface area contributed by atoms with Crippen LogP contribution >= 0.6 is 0 Å². The highest BCUT2D eigenvalue weighted by molar-refractivity contribution is 6.79. The van der Waals surface area contributed by atoms with Crippen LogP contribution in [-0.4, -0.2) is 29.6 Å². The van der Waals surface area contributed by atoms with Gasteiger partial charge in [-0.15, -0.1) is 0 Å². The van der Waals surface area contributed by atoms with Gasteiger partial charge in [0.1, 0.15) is 0 Å². The van der Waals surface area contributed by atoms with Gasteiger partial charge in [-0.05, 0) is 12.8 Å². The van der Waals surface area contributed by atoms with Gasteiger partial charge in [-0.25, -0.2) is 0 Å². The monoisotopic (exact) mass is 188 g/mol. The Balaban J connectivity index is 2.79. The van der Waals surface area contributed by atoms with Gasteiger partial charge >= 0.3 is 0 Å².